The first kappa shape index (κ1) is 18.5. The van der Waals surface area contributed by atoms with Crippen LogP contribution in [0.15, 0.2) is 18.2 Å². The number of rotatable bonds is 7. The second-order valence-corrected chi connectivity index (χ2v) is 5.92. The summed E-state index contributed by atoms with van der Waals surface area (Å²) < 4.78 is 16.3. The Morgan fingerprint density at radius 2 is 2.29 bits per heavy atom. The predicted octanol–water partition coefficient (Wildman–Crippen LogP) is 0.341. The zero-order valence-corrected chi connectivity index (χ0v) is 14.4. The minimum absolute atomic E-state index is 0.137. The fourth-order valence-corrected chi connectivity index (χ4v) is 2.62. The second-order valence-electron chi connectivity index (χ2n) is 5.92. The third-order valence-electron chi connectivity index (χ3n) is 3.89. The van der Waals surface area contributed by atoms with Crippen LogP contribution in [0.3, 0.4) is 0 Å². The summed E-state index contributed by atoms with van der Waals surface area (Å²) in [6.07, 6.45) is 0. The summed E-state index contributed by atoms with van der Waals surface area (Å²) in [6, 6.07) is 5.13. The number of nitrogens with two attached hydrogens (primary N) is 1. The summed E-state index contributed by atoms with van der Waals surface area (Å²) >= 11 is 0. The van der Waals surface area contributed by atoms with Crippen LogP contribution in [0.4, 0.5) is 0 Å². The molecule has 1 atom stereocenters. The monoisotopic (exact) mass is 337 g/mol. The zero-order chi connectivity index (χ0) is 17.4. The van der Waals surface area contributed by atoms with Crippen LogP contribution >= 0.6 is 0 Å². The fraction of sp³-hybridized carbons (Fsp3) is 0.588. The first-order chi connectivity index (χ1) is 11.6. The molecule has 1 aromatic carbocycles. The van der Waals surface area contributed by atoms with Crippen LogP contribution < -0.4 is 20.5 Å². The number of likely N-dealkylation sites (N-methyl/N-ethyl adjacent to an activating group) is 1. The van der Waals surface area contributed by atoms with Gasteiger partial charge in [0.1, 0.15) is 6.61 Å². The highest BCUT2D eigenvalue weighted by molar-refractivity contribution is 5.94. The van der Waals surface area contributed by atoms with Crippen molar-refractivity contribution in [3.63, 3.8) is 0 Å². The van der Waals surface area contributed by atoms with Gasteiger partial charge in [-0.05, 0) is 25.2 Å². The maximum absolute atomic E-state index is 12.4. The second kappa shape index (κ2) is 9.46. The van der Waals surface area contributed by atoms with Gasteiger partial charge in [-0.25, -0.2) is 0 Å². The lowest BCUT2D eigenvalue weighted by molar-refractivity contribution is 0.0921. The van der Waals surface area contributed by atoms with Gasteiger partial charge in [0, 0.05) is 37.7 Å². The van der Waals surface area contributed by atoms with Crippen LogP contribution in [0.1, 0.15) is 10.4 Å². The van der Waals surface area contributed by atoms with E-state index in [0.29, 0.717) is 43.4 Å². The SMILES string of the molecule is COc1ccc(C(=O)NCC2COCCN(C)C2)cc1OCCN. The number of amides is 1. The fourth-order valence-electron chi connectivity index (χ4n) is 2.62. The quantitative estimate of drug-likeness (QED) is 0.746. The first-order valence-electron chi connectivity index (χ1n) is 8.19. The predicted molar refractivity (Wildman–Crippen MR) is 91.7 cm³/mol. The van der Waals surface area contributed by atoms with E-state index in [9.17, 15) is 4.79 Å². The number of benzene rings is 1. The topological polar surface area (TPSA) is 86.0 Å². The first-order valence-corrected chi connectivity index (χ1v) is 8.19. The van der Waals surface area contributed by atoms with E-state index in [0.717, 1.165) is 19.7 Å². The van der Waals surface area contributed by atoms with Gasteiger partial charge in [-0.2, -0.15) is 0 Å². The molecule has 0 saturated carbocycles. The van der Waals surface area contributed by atoms with Crippen LogP contribution in [-0.4, -0.2) is 71.0 Å². The standard InChI is InChI=1S/C17H27N3O4/c1-20-6-8-23-12-13(11-20)10-19-17(21)14-3-4-15(22-2)16(9-14)24-7-5-18/h3-4,9,13H,5-8,10-12,18H2,1-2H3,(H,19,21). The molecule has 1 fully saturated rings. The maximum Gasteiger partial charge on any atom is 0.251 e. The Morgan fingerprint density at radius 1 is 1.46 bits per heavy atom. The van der Waals surface area contributed by atoms with Gasteiger partial charge in [-0.15, -0.1) is 0 Å². The smallest absolute Gasteiger partial charge is 0.251 e. The molecule has 24 heavy (non-hydrogen) atoms. The molecule has 7 nitrogen and oxygen atoms in total. The molecule has 1 amide bonds. The highest BCUT2D eigenvalue weighted by atomic mass is 16.5. The molecular formula is C17H27N3O4. The van der Waals surface area contributed by atoms with Crippen LogP contribution in [0.25, 0.3) is 0 Å². The molecular weight excluding hydrogens is 310 g/mol. The van der Waals surface area contributed by atoms with Gasteiger partial charge in [-0.1, -0.05) is 0 Å². The molecule has 1 unspecified atom stereocenters. The minimum Gasteiger partial charge on any atom is -0.493 e. The Kier molecular flexibility index (Phi) is 7.30. The van der Waals surface area contributed by atoms with E-state index in [1.807, 2.05) is 0 Å². The van der Waals surface area contributed by atoms with Gasteiger partial charge in [0.15, 0.2) is 11.5 Å². The molecule has 0 spiro atoms. The Hall–Kier alpha value is -1.83. The molecule has 7 heteroatoms. The van der Waals surface area contributed by atoms with E-state index in [2.05, 4.69) is 17.3 Å². The van der Waals surface area contributed by atoms with E-state index >= 15 is 0 Å². The van der Waals surface area contributed by atoms with E-state index < -0.39 is 0 Å². The Labute approximate surface area is 143 Å². The summed E-state index contributed by atoms with van der Waals surface area (Å²) in [6.45, 7) is 4.58. The van der Waals surface area contributed by atoms with Crippen LogP contribution in [0.5, 0.6) is 11.5 Å². The number of ether oxygens (including phenoxy) is 3. The lowest BCUT2D eigenvalue weighted by Crippen LogP contribution is -2.35. The lowest BCUT2D eigenvalue weighted by Gasteiger charge is -2.19. The van der Waals surface area contributed by atoms with E-state index in [1.165, 1.54) is 0 Å². The molecule has 0 aromatic heterocycles. The van der Waals surface area contributed by atoms with Gasteiger partial charge >= 0.3 is 0 Å². The Bertz CT molecular complexity index is 539. The van der Waals surface area contributed by atoms with Crippen molar-refractivity contribution in [2.24, 2.45) is 11.7 Å². The molecule has 1 aliphatic rings. The van der Waals surface area contributed by atoms with Crippen molar-refractivity contribution in [3.8, 4) is 11.5 Å². The summed E-state index contributed by atoms with van der Waals surface area (Å²) in [7, 11) is 3.63. The molecule has 0 radical (unpaired) electrons. The van der Waals surface area contributed by atoms with E-state index in [4.69, 9.17) is 19.9 Å². The Morgan fingerprint density at radius 3 is 3.04 bits per heavy atom. The normalized spacial score (nSPS) is 18.7. The minimum atomic E-state index is -0.137. The largest absolute Gasteiger partial charge is 0.493 e. The number of methoxy groups -OCH3 is 1. The van der Waals surface area contributed by atoms with Crippen molar-refractivity contribution in [1.82, 2.24) is 10.2 Å². The molecule has 3 N–H and O–H groups in total. The maximum atomic E-state index is 12.4. The average Bonchev–Trinajstić information content (AvgIpc) is 2.81. The lowest BCUT2D eigenvalue weighted by atomic mass is 10.1. The van der Waals surface area contributed by atoms with E-state index in [1.54, 1.807) is 25.3 Å². The summed E-state index contributed by atoms with van der Waals surface area (Å²) in [5.41, 5.74) is 5.99. The summed E-state index contributed by atoms with van der Waals surface area (Å²) in [5, 5.41) is 2.97. The number of nitrogens with zero attached hydrogens (tertiary/aromatic N) is 1. The highest BCUT2D eigenvalue weighted by Crippen LogP contribution is 2.28. The van der Waals surface area contributed by atoms with Crippen molar-refractivity contribution >= 4 is 5.91 Å². The third kappa shape index (κ3) is 5.36. The third-order valence-corrected chi connectivity index (χ3v) is 3.89. The Balaban J connectivity index is 1.95. The summed E-state index contributed by atoms with van der Waals surface area (Å²) in [5.74, 6) is 1.25. The molecule has 134 valence electrons. The van der Waals surface area contributed by atoms with Crippen LogP contribution in [0.2, 0.25) is 0 Å². The molecule has 1 aliphatic heterocycles. The number of nitrogens with one attached hydrogen (secondary N) is 1. The number of hydrogen-bond acceptors (Lipinski definition) is 6. The number of carbonyl (C=O) groups is 1. The van der Waals surface area contributed by atoms with Crippen molar-refractivity contribution < 1.29 is 19.0 Å². The summed E-state index contributed by atoms with van der Waals surface area (Å²) in [4.78, 5) is 14.6. The van der Waals surface area contributed by atoms with Crippen molar-refractivity contribution in [2.45, 2.75) is 0 Å². The van der Waals surface area contributed by atoms with Crippen molar-refractivity contribution in [1.29, 1.82) is 0 Å². The molecule has 0 bridgehead atoms. The van der Waals surface area contributed by atoms with Gasteiger partial charge in [0.05, 0.1) is 20.3 Å². The van der Waals surface area contributed by atoms with Crippen LogP contribution in [-0.2, 0) is 4.74 Å². The number of hydrogen-bond donors (Lipinski definition) is 2. The number of carbonyl (C=O) groups excluding carboxylic acids is 1. The molecule has 2 rings (SSSR count). The molecule has 1 saturated heterocycles. The average molecular weight is 337 g/mol. The molecule has 0 aliphatic carbocycles. The highest BCUT2D eigenvalue weighted by Gasteiger charge is 2.18. The van der Waals surface area contributed by atoms with Gasteiger partial charge < -0.3 is 30.2 Å². The van der Waals surface area contributed by atoms with Crippen LogP contribution in [0, 0.1) is 5.92 Å². The van der Waals surface area contributed by atoms with Gasteiger partial charge in [0.25, 0.3) is 5.91 Å². The van der Waals surface area contributed by atoms with Gasteiger partial charge in [0.2, 0.25) is 0 Å². The molecule has 1 aromatic rings. The van der Waals surface area contributed by atoms with Gasteiger partial charge in [-0.3, -0.25) is 4.79 Å². The van der Waals surface area contributed by atoms with Crippen molar-refractivity contribution in [2.75, 3.05) is 60.2 Å². The zero-order valence-electron chi connectivity index (χ0n) is 14.4. The molecule has 1 heterocycles. The van der Waals surface area contributed by atoms with E-state index in [-0.39, 0.29) is 11.8 Å². The van der Waals surface area contributed by atoms with Crippen molar-refractivity contribution in [3.05, 3.63) is 23.8 Å².